The minimum absolute atomic E-state index is 0.183. The largest absolute Gasteiger partial charge is 0.408 e. The van der Waals surface area contributed by atoms with Crippen LogP contribution in [0.3, 0.4) is 0 Å². The normalized spacial score (nSPS) is 26.7. The zero-order valence-corrected chi connectivity index (χ0v) is 11.7. The van der Waals surface area contributed by atoms with E-state index in [0.717, 1.165) is 58.2 Å². The molecule has 1 aliphatic carbocycles. The Morgan fingerprint density at radius 3 is 2.70 bits per heavy atom. The molecule has 0 N–H and O–H groups in total. The summed E-state index contributed by atoms with van der Waals surface area (Å²) in [5, 5.41) is 8.44. The molecule has 1 aromatic rings. The molecule has 0 atom stereocenters. The molecule has 110 valence electrons. The Balaban J connectivity index is 1.52. The molecule has 3 heterocycles. The van der Waals surface area contributed by atoms with E-state index in [9.17, 15) is 0 Å². The lowest BCUT2D eigenvalue weighted by molar-refractivity contribution is -0.0241. The molecule has 0 amide bonds. The van der Waals surface area contributed by atoms with Gasteiger partial charge in [0.15, 0.2) is 0 Å². The molecule has 0 radical (unpaired) electrons. The fourth-order valence-electron chi connectivity index (χ4n) is 3.11. The molecule has 0 bridgehead atoms. The minimum Gasteiger partial charge on any atom is -0.408 e. The SMILES string of the molecule is C1CC2(CCO1)COCCN(c1nnc(C3CC3)o1)C2. The number of ether oxygens (including phenoxy) is 2. The van der Waals surface area contributed by atoms with E-state index in [4.69, 9.17) is 13.9 Å². The topological polar surface area (TPSA) is 60.6 Å². The van der Waals surface area contributed by atoms with Gasteiger partial charge in [-0.3, -0.25) is 0 Å². The summed E-state index contributed by atoms with van der Waals surface area (Å²) in [7, 11) is 0. The van der Waals surface area contributed by atoms with Crippen molar-refractivity contribution in [3.63, 3.8) is 0 Å². The van der Waals surface area contributed by atoms with Crippen LogP contribution < -0.4 is 4.90 Å². The molecular formula is C14H21N3O3. The van der Waals surface area contributed by atoms with Gasteiger partial charge in [-0.15, -0.1) is 5.10 Å². The van der Waals surface area contributed by atoms with Crippen LogP contribution in [0.4, 0.5) is 6.01 Å². The van der Waals surface area contributed by atoms with Crippen molar-refractivity contribution < 1.29 is 13.9 Å². The lowest BCUT2D eigenvalue weighted by Gasteiger charge is -2.37. The summed E-state index contributed by atoms with van der Waals surface area (Å²) in [6, 6.07) is 0.670. The molecule has 1 aromatic heterocycles. The molecule has 6 heteroatoms. The maximum atomic E-state index is 5.85. The van der Waals surface area contributed by atoms with Gasteiger partial charge in [-0.05, 0) is 25.7 Å². The minimum atomic E-state index is 0.183. The third-order valence-electron chi connectivity index (χ3n) is 4.62. The Bertz CT molecular complexity index is 466. The van der Waals surface area contributed by atoms with Crippen LogP contribution in [0, 0.1) is 5.41 Å². The average Bonchev–Trinajstić information content (AvgIpc) is 3.24. The highest BCUT2D eigenvalue weighted by Gasteiger charge is 2.38. The first-order chi connectivity index (χ1) is 9.85. The van der Waals surface area contributed by atoms with Crippen molar-refractivity contribution in [1.29, 1.82) is 0 Å². The second-order valence-corrected chi connectivity index (χ2v) is 6.28. The number of aromatic nitrogens is 2. The lowest BCUT2D eigenvalue weighted by Crippen LogP contribution is -2.42. The molecule has 1 spiro atoms. The fraction of sp³-hybridized carbons (Fsp3) is 0.857. The molecule has 4 rings (SSSR count). The highest BCUT2D eigenvalue weighted by molar-refractivity contribution is 5.26. The van der Waals surface area contributed by atoms with Gasteiger partial charge < -0.3 is 18.8 Å². The molecule has 0 unspecified atom stereocenters. The molecule has 2 aliphatic heterocycles. The molecule has 2 saturated heterocycles. The molecule has 3 aliphatic rings. The van der Waals surface area contributed by atoms with E-state index in [1.165, 1.54) is 12.8 Å². The zero-order valence-electron chi connectivity index (χ0n) is 11.7. The van der Waals surface area contributed by atoms with Crippen molar-refractivity contribution in [2.45, 2.75) is 31.6 Å². The number of anilines is 1. The van der Waals surface area contributed by atoms with Crippen LogP contribution in [0.25, 0.3) is 0 Å². The summed E-state index contributed by atoms with van der Waals surface area (Å²) in [5.41, 5.74) is 0.183. The molecule has 0 aromatic carbocycles. The van der Waals surface area contributed by atoms with E-state index in [1.807, 2.05) is 0 Å². The van der Waals surface area contributed by atoms with E-state index >= 15 is 0 Å². The molecule has 20 heavy (non-hydrogen) atoms. The second-order valence-electron chi connectivity index (χ2n) is 6.28. The van der Waals surface area contributed by atoms with Crippen LogP contribution in [-0.4, -0.2) is 49.7 Å². The fourth-order valence-corrected chi connectivity index (χ4v) is 3.11. The quantitative estimate of drug-likeness (QED) is 0.819. The highest BCUT2D eigenvalue weighted by Crippen LogP contribution is 2.40. The van der Waals surface area contributed by atoms with Crippen LogP contribution in [0.15, 0.2) is 4.42 Å². The number of hydrogen-bond acceptors (Lipinski definition) is 6. The Morgan fingerprint density at radius 1 is 1.05 bits per heavy atom. The van der Waals surface area contributed by atoms with Crippen LogP contribution in [-0.2, 0) is 9.47 Å². The van der Waals surface area contributed by atoms with E-state index in [2.05, 4.69) is 15.1 Å². The summed E-state index contributed by atoms with van der Waals surface area (Å²) in [6.45, 7) is 4.96. The Morgan fingerprint density at radius 2 is 1.90 bits per heavy atom. The van der Waals surface area contributed by atoms with E-state index in [-0.39, 0.29) is 5.41 Å². The first kappa shape index (κ1) is 12.6. The van der Waals surface area contributed by atoms with Crippen LogP contribution in [0.2, 0.25) is 0 Å². The van der Waals surface area contributed by atoms with Gasteiger partial charge in [-0.25, -0.2) is 0 Å². The van der Waals surface area contributed by atoms with Gasteiger partial charge in [0, 0.05) is 37.6 Å². The monoisotopic (exact) mass is 279 g/mol. The van der Waals surface area contributed by atoms with Crippen LogP contribution in [0.5, 0.6) is 0 Å². The molecule has 3 fully saturated rings. The molecule has 6 nitrogen and oxygen atoms in total. The van der Waals surface area contributed by atoms with Gasteiger partial charge in [-0.1, -0.05) is 5.10 Å². The van der Waals surface area contributed by atoms with E-state index in [1.54, 1.807) is 0 Å². The van der Waals surface area contributed by atoms with Gasteiger partial charge in [0.2, 0.25) is 5.89 Å². The number of rotatable bonds is 2. The second kappa shape index (κ2) is 5.00. The summed E-state index contributed by atoms with van der Waals surface area (Å²) >= 11 is 0. The summed E-state index contributed by atoms with van der Waals surface area (Å²) in [5.74, 6) is 1.32. The maximum absolute atomic E-state index is 5.85. The first-order valence-corrected chi connectivity index (χ1v) is 7.59. The van der Waals surface area contributed by atoms with Gasteiger partial charge >= 0.3 is 6.01 Å². The first-order valence-electron chi connectivity index (χ1n) is 7.59. The van der Waals surface area contributed by atoms with Crippen molar-refractivity contribution >= 4 is 6.01 Å². The van der Waals surface area contributed by atoms with Crippen molar-refractivity contribution in [2.24, 2.45) is 5.41 Å². The van der Waals surface area contributed by atoms with Crippen molar-refractivity contribution in [1.82, 2.24) is 10.2 Å². The maximum Gasteiger partial charge on any atom is 0.318 e. The van der Waals surface area contributed by atoms with Crippen LogP contribution >= 0.6 is 0 Å². The molecular weight excluding hydrogens is 258 g/mol. The van der Waals surface area contributed by atoms with E-state index < -0.39 is 0 Å². The number of nitrogens with zero attached hydrogens (tertiary/aromatic N) is 3. The Hall–Kier alpha value is -1.14. The van der Waals surface area contributed by atoms with Crippen molar-refractivity contribution in [3.8, 4) is 0 Å². The Kier molecular flexibility index (Phi) is 3.15. The highest BCUT2D eigenvalue weighted by atomic mass is 16.5. The summed E-state index contributed by atoms with van der Waals surface area (Å²) < 4.78 is 17.2. The third kappa shape index (κ3) is 2.42. The summed E-state index contributed by atoms with van der Waals surface area (Å²) in [6.07, 6.45) is 4.47. The standard InChI is InChI=1S/C14H21N3O3/c1-2-11(1)12-15-16-13(20-12)17-5-8-19-10-14(9-17)3-6-18-7-4-14/h11H,1-10H2. The van der Waals surface area contributed by atoms with Crippen molar-refractivity contribution in [3.05, 3.63) is 5.89 Å². The van der Waals surface area contributed by atoms with Gasteiger partial charge in [0.05, 0.1) is 13.2 Å². The van der Waals surface area contributed by atoms with Gasteiger partial charge in [0.25, 0.3) is 0 Å². The Labute approximate surface area is 118 Å². The molecule has 1 saturated carbocycles. The average molecular weight is 279 g/mol. The number of hydrogen-bond donors (Lipinski definition) is 0. The van der Waals surface area contributed by atoms with E-state index in [0.29, 0.717) is 11.9 Å². The van der Waals surface area contributed by atoms with Gasteiger partial charge in [-0.2, -0.15) is 0 Å². The third-order valence-corrected chi connectivity index (χ3v) is 4.62. The van der Waals surface area contributed by atoms with Crippen molar-refractivity contribution in [2.75, 3.05) is 44.4 Å². The zero-order chi connectivity index (χ0) is 13.4. The summed E-state index contributed by atoms with van der Waals surface area (Å²) in [4.78, 5) is 2.21. The predicted octanol–water partition coefficient (Wildman–Crippen LogP) is 1.58. The predicted molar refractivity (Wildman–Crippen MR) is 71.8 cm³/mol. The smallest absolute Gasteiger partial charge is 0.318 e. The van der Waals surface area contributed by atoms with Gasteiger partial charge in [0.1, 0.15) is 0 Å². The lowest BCUT2D eigenvalue weighted by atomic mass is 9.80. The van der Waals surface area contributed by atoms with Crippen LogP contribution in [0.1, 0.15) is 37.5 Å².